The van der Waals surface area contributed by atoms with E-state index in [-0.39, 0.29) is 5.78 Å². The first kappa shape index (κ1) is 12.6. The summed E-state index contributed by atoms with van der Waals surface area (Å²) in [5.74, 6) is 0.804. The zero-order valence-corrected chi connectivity index (χ0v) is 11.5. The minimum atomic E-state index is 0.0662. The molecule has 0 bridgehead atoms. The number of rotatable bonds is 4. The van der Waals surface area contributed by atoms with Crippen LogP contribution in [0.4, 0.5) is 0 Å². The Morgan fingerprint density at radius 3 is 2.88 bits per heavy atom. The monoisotopic (exact) mass is 283 g/mol. The fraction of sp³-hybridized carbons (Fsp3) is 0.167. The standard InChI is InChI=1S/C12H10ClNOS2/c1-8(15)11-6-14-12(17-11)7-16-10-5-3-2-4-9(10)13/h2-6H,7H2,1H3. The van der Waals surface area contributed by atoms with E-state index in [0.29, 0.717) is 4.88 Å². The number of carbonyl (C=O) groups excluding carboxylic acids is 1. The first-order chi connectivity index (χ1) is 8.16. The average molecular weight is 284 g/mol. The molecule has 0 N–H and O–H groups in total. The summed E-state index contributed by atoms with van der Waals surface area (Å²) in [4.78, 5) is 17.1. The van der Waals surface area contributed by atoms with Crippen LogP contribution in [0.1, 0.15) is 21.6 Å². The fourth-order valence-electron chi connectivity index (χ4n) is 1.24. The van der Waals surface area contributed by atoms with Gasteiger partial charge in [-0.15, -0.1) is 23.1 Å². The lowest BCUT2D eigenvalue weighted by molar-refractivity contribution is 0.102. The highest BCUT2D eigenvalue weighted by atomic mass is 35.5. The molecule has 0 amide bonds. The lowest BCUT2D eigenvalue weighted by Gasteiger charge is -2.00. The Labute approximate surface area is 113 Å². The van der Waals surface area contributed by atoms with Crippen LogP contribution in [0.15, 0.2) is 35.4 Å². The van der Waals surface area contributed by atoms with Crippen molar-refractivity contribution in [3.05, 3.63) is 45.4 Å². The molecule has 0 aliphatic rings. The molecular weight excluding hydrogens is 274 g/mol. The number of aromatic nitrogens is 1. The number of nitrogens with zero attached hydrogens (tertiary/aromatic N) is 1. The van der Waals surface area contributed by atoms with E-state index in [1.165, 1.54) is 11.3 Å². The number of halogens is 1. The molecule has 0 saturated heterocycles. The van der Waals surface area contributed by atoms with Gasteiger partial charge >= 0.3 is 0 Å². The number of hydrogen-bond acceptors (Lipinski definition) is 4. The molecule has 2 aromatic rings. The SMILES string of the molecule is CC(=O)c1cnc(CSc2ccccc2Cl)s1. The number of Topliss-reactive ketones (excluding diaryl/α,β-unsaturated/α-hetero) is 1. The van der Waals surface area contributed by atoms with Crippen molar-refractivity contribution in [2.45, 2.75) is 17.6 Å². The predicted octanol–water partition coefficient (Wildman–Crippen LogP) is 4.29. The van der Waals surface area contributed by atoms with Gasteiger partial charge in [0.05, 0.1) is 15.7 Å². The second kappa shape index (κ2) is 5.67. The maximum atomic E-state index is 11.1. The maximum Gasteiger partial charge on any atom is 0.171 e. The van der Waals surface area contributed by atoms with Crippen LogP contribution in [0.25, 0.3) is 0 Å². The van der Waals surface area contributed by atoms with Crippen LogP contribution in [0.2, 0.25) is 5.02 Å². The smallest absolute Gasteiger partial charge is 0.171 e. The average Bonchev–Trinajstić information content (AvgIpc) is 2.77. The van der Waals surface area contributed by atoms with Crippen molar-refractivity contribution in [1.29, 1.82) is 0 Å². The van der Waals surface area contributed by atoms with Crippen molar-refractivity contribution in [2.24, 2.45) is 0 Å². The molecule has 0 saturated carbocycles. The highest BCUT2D eigenvalue weighted by molar-refractivity contribution is 7.98. The Morgan fingerprint density at radius 1 is 1.47 bits per heavy atom. The minimum absolute atomic E-state index is 0.0662. The summed E-state index contributed by atoms with van der Waals surface area (Å²) < 4.78 is 0. The van der Waals surface area contributed by atoms with Gasteiger partial charge in [-0.1, -0.05) is 23.7 Å². The van der Waals surface area contributed by atoms with E-state index >= 15 is 0 Å². The van der Waals surface area contributed by atoms with Crippen LogP contribution in [-0.4, -0.2) is 10.8 Å². The number of hydrogen-bond donors (Lipinski definition) is 0. The first-order valence-electron chi connectivity index (χ1n) is 5.00. The summed E-state index contributed by atoms with van der Waals surface area (Å²) in [6.45, 7) is 1.55. The van der Waals surface area contributed by atoms with E-state index in [4.69, 9.17) is 11.6 Å². The van der Waals surface area contributed by atoms with Crippen molar-refractivity contribution < 1.29 is 4.79 Å². The molecule has 1 heterocycles. The van der Waals surface area contributed by atoms with Crippen molar-refractivity contribution in [2.75, 3.05) is 0 Å². The molecule has 0 aliphatic heterocycles. The summed E-state index contributed by atoms with van der Waals surface area (Å²) in [5, 5.41) is 1.70. The quantitative estimate of drug-likeness (QED) is 0.619. The van der Waals surface area contributed by atoms with E-state index in [1.54, 1.807) is 24.9 Å². The van der Waals surface area contributed by atoms with Crippen LogP contribution in [-0.2, 0) is 5.75 Å². The molecule has 1 aromatic carbocycles. The topological polar surface area (TPSA) is 30.0 Å². The van der Waals surface area contributed by atoms with Gasteiger partial charge in [-0.25, -0.2) is 4.98 Å². The Bertz CT molecular complexity index is 539. The number of carbonyl (C=O) groups is 1. The van der Waals surface area contributed by atoms with Crippen molar-refractivity contribution in [3.8, 4) is 0 Å². The highest BCUT2D eigenvalue weighted by Crippen LogP contribution is 2.30. The molecule has 0 aliphatic carbocycles. The van der Waals surface area contributed by atoms with E-state index in [9.17, 15) is 4.79 Å². The lowest BCUT2D eigenvalue weighted by atomic mass is 10.4. The van der Waals surface area contributed by atoms with Gasteiger partial charge < -0.3 is 0 Å². The van der Waals surface area contributed by atoms with E-state index in [1.807, 2.05) is 24.3 Å². The van der Waals surface area contributed by atoms with Gasteiger partial charge in [-0.3, -0.25) is 4.79 Å². The number of thiazole rings is 1. The van der Waals surface area contributed by atoms with Crippen LogP contribution in [0.5, 0.6) is 0 Å². The van der Waals surface area contributed by atoms with Crippen LogP contribution in [0.3, 0.4) is 0 Å². The van der Waals surface area contributed by atoms with E-state index in [2.05, 4.69) is 4.98 Å². The molecule has 88 valence electrons. The van der Waals surface area contributed by atoms with Crippen molar-refractivity contribution >= 4 is 40.5 Å². The summed E-state index contributed by atoms with van der Waals surface area (Å²) in [7, 11) is 0. The normalized spacial score (nSPS) is 10.5. The Kier molecular flexibility index (Phi) is 4.20. The third-order valence-electron chi connectivity index (χ3n) is 2.09. The van der Waals surface area contributed by atoms with Gasteiger partial charge in [-0.05, 0) is 12.1 Å². The lowest BCUT2D eigenvalue weighted by Crippen LogP contribution is -1.83. The van der Waals surface area contributed by atoms with Gasteiger partial charge in [0.25, 0.3) is 0 Å². The number of thioether (sulfide) groups is 1. The van der Waals surface area contributed by atoms with Gasteiger partial charge in [0.2, 0.25) is 0 Å². The molecule has 0 spiro atoms. The zero-order chi connectivity index (χ0) is 12.3. The second-order valence-electron chi connectivity index (χ2n) is 3.39. The number of benzene rings is 1. The molecule has 5 heteroatoms. The maximum absolute atomic E-state index is 11.1. The van der Waals surface area contributed by atoms with Gasteiger partial charge in [0.1, 0.15) is 5.01 Å². The van der Waals surface area contributed by atoms with Crippen LogP contribution < -0.4 is 0 Å². The van der Waals surface area contributed by atoms with E-state index in [0.717, 1.165) is 20.7 Å². The van der Waals surface area contributed by atoms with Gasteiger partial charge in [0.15, 0.2) is 5.78 Å². The fourth-order valence-corrected chi connectivity index (χ4v) is 3.30. The van der Waals surface area contributed by atoms with E-state index < -0.39 is 0 Å². The largest absolute Gasteiger partial charge is 0.294 e. The summed E-state index contributed by atoms with van der Waals surface area (Å²) in [6, 6.07) is 7.71. The van der Waals surface area contributed by atoms with Crippen LogP contribution in [0, 0.1) is 0 Å². The van der Waals surface area contributed by atoms with Crippen molar-refractivity contribution in [3.63, 3.8) is 0 Å². The molecule has 0 unspecified atom stereocenters. The molecule has 1 aromatic heterocycles. The predicted molar refractivity (Wildman–Crippen MR) is 73.1 cm³/mol. The molecule has 2 rings (SSSR count). The number of ketones is 1. The second-order valence-corrected chi connectivity index (χ2v) is 5.93. The van der Waals surface area contributed by atoms with Crippen molar-refractivity contribution in [1.82, 2.24) is 4.98 Å². The Balaban J connectivity index is 2.02. The van der Waals surface area contributed by atoms with Gasteiger partial charge in [-0.2, -0.15) is 0 Å². The Morgan fingerprint density at radius 2 is 2.24 bits per heavy atom. The molecule has 0 fully saturated rings. The first-order valence-corrected chi connectivity index (χ1v) is 7.18. The Hall–Kier alpha value is -0.840. The summed E-state index contributed by atoms with van der Waals surface area (Å²) in [5.41, 5.74) is 0. The molecule has 2 nitrogen and oxygen atoms in total. The van der Waals surface area contributed by atoms with Gasteiger partial charge in [0, 0.05) is 18.0 Å². The molecule has 0 atom stereocenters. The minimum Gasteiger partial charge on any atom is -0.294 e. The molecular formula is C12H10ClNOS2. The van der Waals surface area contributed by atoms with Crippen LogP contribution >= 0.6 is 34.7 Å². The zero-order valence-electron chi connectivity index (χ0n) is 9.14. The third kappa shape index (κ3) is 3.31. The third-order valence-corrected chi connectivity index (χ3v) is 4.90. The molecule has 17 heavy (non-hydrogen) atoms. The summed E-state index contributed by atoms with van der Waals surface area (Å²) >= 11 is 9.13. The summed E-state index contributed by atoms with van der Waals surface area (Å²) in [6.07, 6.45) is 1.63. The molecule has 0 radical (unpaired) electrons. The highest BCUT2D eigenvalue weighted by Gasteiger charge is 2.07.